The zero-order valence-electron chi connectivity index (χ0n) is 16.5. The van der Waals surface area contributed by atoms with E-state index >= 15 is 0 Å². The van der Waals surface area contributed by atoms with Gasteiger partial charge in [-0.3, -0.25) is 14.9 Å². The number of thioether (sulfide) groups is 1. The number of para-hydroxylation sites is 2. The molecule has 32 heavy (non-hydrogen) atoms. The Morgan fingerprint density at radius 3 is 2.78 bits per heavy atom. The molecule has 1 amide bonds. The van der Waals surface area contributed by atoms with Crippen molar-refractivity contribution in [2.75, 3.05) is 22.5 Å². The molecule has 0 aromatic heterocycles. The maximum Gasteiger partial charge on any atom is 0.338 e. The van der Waals surface area contributed by atoms with Gasteiger partial charge in [-0.2, -0.15) is 0 Å². The molecular formula is C19H16N4O7S2. The van der Waals surface area contributed by atoms with Gasteiger partial charge in [-0.25, -0.2) is 13.2 Å². The standard InChI is InChI=1S/C19H16N4O7S2/c1-11(17(24)20-13-4-2-3-5-14(13)23(26)27)30-18(25)12-6-7-15-16(10-12)31-19-21-32(28,29)9-8-22(15)19/h2-7,10-11H,8-9H2,1H3,(H,20,24). The van der Waals surface area contributed by atoms with Crippen molar-refractivity contribution < 1.29 is 27.7 Å². The van der Waals surface area contributed by atoms with Gasteiger partial charge in [0.1, 0.15) is 5.69 Å². The molecule has 0 saturated heterocycles. The zero-order valence-corrected chi connectivity index (χ0v) is 18.2. The number of anilines is 2. The highest BCUT2D eigenvalue weighted by Gasteiger charge is 2.33. The van der Waals surface area contributed by atoms with Crippen molar-refractivity contribution in [3.8, 4) is 0 Å². The zero-order chi connectivity index (χ0) is 23.0. The largest absolute Gasteiger partial charge is 0.449 e. The van der Waals surface area contributed by atoms with Crippen LogP contribution in [-0.2, 0) is 19.6 Å². The van der Waals surface area contributed by atoms with Crippen molar-refractivity contribution in [3.63, 3.8) is 0 Å². The summed E-state index contributed by atoms with van der Waals surface area (Å²) in [6.45, 7) is 1.62. The second-order valence-corrected chi connectivity index (χ2v) is 9.67. The lowest BCUT2D eigenvalue weighted by Gasteiger charge is -2.22. The number of rotatable bonds is 5. The topological polar surface area (TPSA) is 148 Å². The number of nitrogens with one attached hydrogen (secondary N) is 1. The number of hydrogen-bond donors (Lipinski definition) is 1. The molecule has 11 nitrogen and oxygen atoms in total. The molecule has 0 radical (unpaired) electrons. The van der Waals surface area contributed by atoms with Crippen molar-refractivity contribution in [2.24, 2.45) is 4.40 Å². The van der Waals surface area contributed by atoms with E-state index in [2.05, 4.69) is 9.71 Å². The summed E-state index contributed by atoms with van der Waals surface area (Å²) in [5, 5.41) is 13.8. The van der Waals surface area contributed by atoms with Gasteiger partial charge < -0.3 is 15.0 Å². The smallest absolute Gasteiger partial charge is 0.338 e. The average molecular weight is 476 g/mol. The fraction of sp³-hybridized carbons (Fsp3) is 0.211. The first-order chi connectivity index (χ1) is 15.1. The third kappa shape index (κ3) is 4.29. The van der Waals surface area contributed by atoms with Crippen LogP contribution in [0.5, 0.6) is 0 Å². The van der Waals surface area contributed by atoms with Gasteiger partial charge in [0, 0.05) is 17.5 Å². The van der Waals surface area contributed by atoms with Gasteiger partial charge in [0.2, 0.25) is 0 Å². The van der Waals surface area contributed by atoms with E-state index in [9.17, 15) is 28.1 Å². The van der Waals surface area contributed by atoms with E-state index in [4.69, 9.17) is 4.74 Å². The molecule has 1 atom stereocenters. The summed E-state index contributed by atoms with van der Waals surface area (Å²) < 4.78 is 32.4. The van der Waals surface area contributed by atoms with Crippen LogP contribution in [0.15, 0.2) is 51.8 Å². The number of nitro groups is 1. The number of amidine groups is 1. The monoisotopic (exact) mass is 476 g/mol. The highest BCUT2D eigenvalue weighted by atomic mass is 32.2. The van der Waals surface area contributed by atoms with Crippen LogP contribution < -0.4 is 10.2 Å². The van der Waals surface area contributed by atoms with E-state index in [1.807, 2.05) is 0 Å². The Labute approximate surface area is 186 Å². The Hall–Kier alpha value is -3.45. The number of nitro benzene ring substituents is 1. The minimum absolute atomic E-state index is 0.00767. The van der Waals surface area contributed by atoms with Crippen LogP contribution in [0.2, 0.25) is 0 Å². The fourth-order valence-electron chi connectivity index (χ4n) is 3.11. The number of fused-ring (bicyclic) bond motifs is 3. The first kappa shape index (κ1) is 21.8. The number of esters is 1. The molecule has 13 heteroatoms. The molecule has 0 saturated carbocycles. The van der Waals surface area contributed by atoms with Crippen LogP contribution in [0.3, 0.4) is 0 Å². The lowest BCUT2D eigenvalue weighted by Crippen LogP contribution is -2.35. The van der Waals surface area contributed by atoms with E-state index in [1.165, 1.54) is 37.3 Å². The van der Waals surface area contributed by atoms with Crippen molar-refractivity contribution in [1.82, 2.24) is 0 Å². The summed E-state index contributed by atoms with van der Waals surface area (Å²) in [6, 6.07) is 10.3. The van der Waals surface area contributed by atoms with Crippen LogP contribution in [0.1, 0.15) is 17.3 Å². The fourth-order valence-corrected chi connectivity index (χ4v) is 5.41. The summed E-state index contributed by atoms with van der Waals surface area (Å²) in [6.07, 6.45) is -1.22. The quantitative estimate of drug-likeness (QED) is 0.390. The Morgan fingerprint density at radius 2 is 2.03 bits per heavy atom. The number of sulfonamides is 1. The lowest BCUT2D eigenvalue weighted by atomic mass is 10.2. The molecule has 1 unspecified atom stereocenters. The van der Waals surface area contributed by atoms with Gasteiger partial charge in [0.05, 0.1) is 21.9 Å². The van der Waals surface area contributed by atoms with Crippen LogP contribution in [0, 0.1) is 10.1 Å². The average Bonchev–Trinajstić information content (AvgIpc) is 3.09. The van der Waals surface area contributed by atoms with Gasteiger partial charge in [0.25, 0.3) is 21.6 Å². The summed E-state index contributed by atoms with van der Waals surface area (Å²) in [4.78, 5) is 37.8. The van der Waals surface area contributed by atoms with E-state index in [0.717, 1.165) is 17.4 Å². The lowest BCUT2D eigenvalue weighted by molar-refractivity contribution is -0.383. The normalized spacial score (nSPS) is 16.9. The molecular weight excluding hydrogens is 460 g/mol. The summed E-state index contributed by atoms with van der Waals surface area (Å²) in [5.74, 6) is -1.58. The number of carbonyl (C=O) groups is 2. The molecule has 2 aromatic rings. The molecule has 2 heterocycles. The van der Waals surface area contributed by atoms with Gasteiger partial charge in [-0.05, 0) is 43.0 Å². The molecule has 0 aliphatic carbocycles. The van der Waals surface area contributed by atoms with Crippen LogP contribution in [0.25, 0.3) is 0 Å². The first-order valence-electron chi connectivity index (χ1n) is 9.32. The molecule has 2 aromatic carbocycles. The van der Waals surface area contributed by atoms with Gasteiger partial charge >= 0.3 is 5.97 Å². The summed E-state index contributed by atoms with van der Waals surface area (Å²) in [7, 11) is -3.49. The van der Waals surface area contributed by atoms with E-state index in [-0.39, 0.29) is 29.2 Å². The highest BCUT2D eigenvalue weighted by Crippen LogP contribution is 2.42. The summed E-state index contributed by atoms with van der Waals surface area (Å²) in [5.41, 5.74) is 0.621. The minimum atomic E-state index is -3.49. The second kappa shape index (κ2) is 8.24. The molecule has 166 valence electrons. The van der Waals surface area contributed by atoms with E-state index in [1.54, 1.807) is 17.0 Å². The number of carbonyl (C=O) groups excluding carboxylic acids is 2. The van der Waals surface area contributed by atoms with Crippen molar-refractivity contribution in [2.45, 2.75) is 17.9 Å². The van der Waals surface area contributed by atoms with Crippen LogP contribution in [0.4, 0.5) is 17.1 Å². The van der Waals surface area contributed by atoms with Crippen molar-refractivity contribution in [1.29, 1.82) is 0 Å². The Kier molecular flexibility index (Phi) is 5.60. The minimum Gasteiger partial charge on any atom is -0.449 e. The predicted molar refractivity (Wildman–Crippen MR) is 117 cm³/mol. The van der Waals surface area contributed by atoms with Crippen LogP contribution >= 0.6 is 11.8 Å². The Morgan fingerprint density at radius 1 is 1.28 bits per heavy atom. The van der Waals surface area contributed by atoms with Crippen LogP contribution in [-0.4, -0.2) is 48.8 Å². The number of nitrogens with zero attached hydrogens (tertiary/aromatic N) is 3. The van der Waals surface area contributed by atoms with Gasteiger partial charge in [-0.1, -0.05) is 12.1 Å². The number of hydrogen-bond acceptors (Lipinski definition) is 9. The first-order valence-corrected chi connectivity index (χ1v) is 11.7. The van der Waals surface area contributed by atoms with E-state index < -0.39 is 32.9 Å². The number of amides is 1. The van der Waals surface area contributed by atoms with Gasteiger partial charge in [0.15, 0.2) is 11.3 Å². The van der Waals surface area contributed by atoms with E-state index in [0.29, 0.717) is 10.1 Å². The second-order valence-electron chi connectivity index (χ2n) is 6.91. The maximum atomic E-state index is 12.5. The maximum absolute atomic E-state index is 12.5. The third-order valence-corrected chi connectivity index (χ3v) is 7.03. The molecule has 0 spiro atoms. The molecule has 2 aliphatic rings. The number of ether oxygens (including phenoxy) is 1. The third-order valence-electron chi connectivity index (χ3n) is 4.72. The Balaban J connectivity index is 1.45. The SMILES string of the molecule is CC(OC(=O)c1ccc2c(c1)SC1=NS(=O)(=O)CCN12)C(=O)Nc1ccccc1[N+](=O)[O-]. The highest BCUT2D eigenvalue weighted by molar-refractivity contribution is 8.15. The molecule has 0 bridgehead atoms. The molecule has 0 fully saturated rings. The van der Waals surface area contributed by atoms with Crippen molar-refractivity contribution >= 4 is 55.9 Å². The molecule has 4 rings (SSSR count). The number of benzene rings is 2. The predicted octanol–water partition coefficient (Wildman–Crippen LogP) is 2.39. The summed E-state index contributed by atoms with van der Waals surface area (Å²) >= 11 is 1.13. The molecule has 1 N–H and O–H groups in total. The Bertz CT molecular complexity index is 1280. The van der Waals surface area contributed by atoms with Crippen molar-refractivity contribution in [3.05, 3.63) is 58.1 Å². The van der Waals surface area contributed by atoms with Gasteiger partial charge in [-0.15, -0.1) is 4.40 Å². The molecule has 2 aliphatic heterocycles.